The summed E-state index contributed by atoms with van der Waals surface area (Å²) in [6.45, 7) is 1.64. The fourth-order valence-corrected chi connectivity index (χ4v) is 1.11. The minimum atomic E-state index is -2.85. The number of hydrogen-bond donors (Lipinski definition) is 0. The van der Waals surface area contributed by atoms with Gasteiger partial charge in [0.2, 0.25) is 0 Å². The van der Waals surface area contributed by atoms with Crippen LogP contribution in [0.2, 0.25) is 0 Å². The van der Waals surface area contributed by atoms with Gasteiger partial charge in [0.1, 0.15) is 0 Å². The van der Waals surface area contributed by atoms with Crippen molar-refractivity contribution in [2.45, 2.75) is 6.92 Å². The molecule has 0 bridgehead atoms. The molecule has 0 amide bonds. The van der Waals surface area contributed by atoms with E-state index < -0.39 is 9.84 Å². The van der Waals surface area contributed by atoms with Gasteiger partial charge in [-0.15, -0.1) is 0 Å². The number of sulfone groups is 1. The minimum Gasteiger partial charge on any atom is -0.297 e. The van der Waals surface area contributed by atoms with Gasteiger partial charge in [-0.3, -0.25) is 4.99 Å². The zero-order valence-corrected chi connectivity index (χ0v) is 7.63. The maximum Gasteiger partial charge on any atom is 0.153 e. The van der Waals surface area contributed by atoms with Crippen LogP contribution in [0.25, 0.3) is 0 Å². The van der Waals surface area contributed by atoms with Crippen LogP contribution in [0.5, 0.6) is 0 Å². The van der Waals surface area contributed by atoms with Crippen LogP contribution >= 0.6 is 0 Å². The molecule has 0 aromatic carbocycles. The molecule has 0 aliphatic heterocycles. The average molecular weight is 175 g/mol. The monoisotopic (exact) mass is 175 g/mol. The number of hydrogen-bond acceptors (Lipinski definition) is 3. The van der Waals surface area contributed by atoms with Crippen molar-refractivity contribution in [2.75, 3.05) is 18.6 Å². The second-order valence-corrected chi connectivity index (χ2v) is 4.43. The summed E-state index contributed by atoms with van der Waals surface area (Å²) in [6.07, 6.45) is 4.78. The van der Waals surface area contributed by atoms with Gasteiger partial charge in [0.05, 0.1) is 5.75 Å². The quantitative estimate of drug-likeness (QED) is 0.590. The molecule has 0 aromatic heterocycles. The molecule has 0 rings (SSSR count). The van der Waals surface area contributed by atoms with Crippen molar-refractivity contribution in [1.29, 1.82) is 0 Å². The van der Waals surface area contributed by atoms with E-state index in [1.54, 1.807) is 32.3 Å². The first-order valence-corrected chi connectivity index (χ1v) is 5.22. The zero-order valence-electron chi connectivity index (χ0n) is 6.82. The Labute approximate surface area is 67.8 Å². The van der Waals surface area contributed by atoms with Crippen molar-refractivity contribution in [2.24, 2.45) is 4.99 Å². The molecule has 64 valence electrons. The molecule has 0 aliphatic rings. The highest BCUT2D eigenvalue weighted by Crippen LogP contribution is 1.88. The molecular formula is C7H13NO2S. The third-order valence-corrected chi connectivity index (χ3v) is 2.74. The average Bonchev–Trinajstić information content (AvgIpc) is 1.99. The lowest BCUT2D eigenvalue weighted by Gasteiger charge is -1.92. The molecule has 0 unspecified atom stereocenters. The molecule has 0 saturated carbocycles. The lowest BCUT2D eigenvalue weighted by molar-refractivity contribution is 0.600. The van der Waals surface area contributed by atoms with Gasteiger partial charge in [-0.25, -0.2) is 8.42 Å². The van der Waals surface area contributed by atoms with Gasteiger partial charge >= 0.3 is 0 Å². The SMILES string of the molecule is CCS(=O)(=O)C/C=C\C=NC. The van der Waals surface area contributed by atoms with Gasteiger partial charge < -0.3 is 0 Å². The Morgan fingerprint density at radius 2 is 2.09 bits per heavy atom. The molecule has 0 heterocycles. The Hall–Kier alpha value is -0.640. The summed E-state index contributed by atoms with van der Waals surface area (Å²) in [7, 11) is -1.21. The standard InChI is InChI=1S/C7H13NO2S/c1-3-11(9,10)7-5-4-6-8-2/h4-6H,3,7H2,1-2H3/b5-4-,8-6?. The van der Waals surface area contributed by atoms with Crippen LogP contribution in [-0.2, 0) is 9.84 Å². The summed E-state index contributed by atoms with van der Waals surface area (Å²) in [5, 5.41) is 0. The molecule has 0 atom stereocenters. The fraction of sp³-hybridized carbons (Fsp3) is 0.571. The predicted molar refractivity (Wildman–Crippen MR) is 47.9 cm³/mol. The highest BCUT2D eigenvalue weighted by Gasteiger charge is 2.01. The van der Waals surface area contributed by atoms with Crippen molar-refractivity contribution in [3.63, 3.8) is 0 Å². The maximum atomic E-state index is 10.9. The van der Waals surface area contributed by atoms with Gasteiger partial charge in [0, 0.05) is 19.0 Å². The topological polar surface area (TPSA) is 46.5 Å². The lowest BCUT2D eigenvalue weighted by Crippen LogP contribution is -2.05. The molecule has 0 saturated heterocycles. The summed E-state index contributed by atoms with van der Waals surface area (Å²) in [4.78, 5) is 3.67. The molecule has 0 spiro atoms. The Morgan fingerprint density at radius 3 is 2.55 bits per heavy atom. The van der Waals surface area contributed by atoms with Crippen LogP contribution in [0.15, 0.2) is 17.1 Å². The molecule has 0 aliphatic carbocycles. The zero-order chi connectivity index (χ0) is 8.74. The third-order valence-electron chi connectivity index (χ3n) is 1.16. The lowest BCUT2D eigenvalue weighted by atomic mass is 10.6. The molecule has 4 heteroatoms. The highest BCUT2D eigenvalue weighted by molar-refractivity contribution is 7.91. The van der Waals surface area contributed by atoms with E-state index in [1.807, 2.05) is 0 Å². The molecular weight excluding hydrogens is 162 g/mol. The third kappa shape index (κ3) is 5.79. The minimum absolute atomic E-state index is 0.107. The van der Waals surface area contributed by atoms with Gasteiger partial charge in [0.25, 0.3) is 0 Å². The molecule has 11 heavy (non-hydrogen) atoms. The van der Waals surface area contributed by atoms with Gasteiger partial charge in [0.15, 0.2) is 9.84 Å². The molecule has 0 N–H and O–H groups in total. The summed E-state index contributed by atoms with van der Waals surface area (Å²) in [6, 6.07) is 0. The normalized spacial score (nSPS) is 13.3. The smallest absolute Gasteiger partial charge is 0.153 e. The van der Waals surface area contributed by atoms with Crippen molar-refractivity contribution >= 4 is 16.1 Å². The molecule has 0 fully saturated rings. The van der Waals surface area contributed by atoms with Crippen molar-refractivity contribution in [1.82, 2.24) is 0 Å². The van der Waals surface area contributed by atoms with E-state index >= 15 is 0 Å². The van der Waals surface area contributed by atoms with E-state index in [-0.39, 0.29) is 11.5 Å². The number of allylic oxidation sites excluding steroid dienone is 1. The number of aliphatic imine (C=N–C) groups is 1. The van der Waals surface area contributed by atoms with Crippen molar-refractivity contribution in [3.8, 4) is 0 Å². The van der Waals surface area contributed by atoms with Crippen LogP contribution in [0.4, 0.5) is 0 Å². The van der Waals surface area contributed by atoms with E-state index in [4.69, 9.17) is 0 Å². The van der Waals surface area contributed by atoms with E-state index in [0.717, 1.165) is 0 Å². The predicted octanol–water partition coefficient (Wildman–Crippen LogP) is 0.678. The Morgan fingerprint density at radius 1 is 1.45 bits per heavy atom. The number of rotatable bonds is 4. The fourth-order valence-electron chi connectivity index (χ4n) is 0.467. The first-order valence-electron chi connectivity index (χ1n) is 3.40. The Bertz CT molecular complexity index is 239. The Balaban J connectivity index is 3.89. The summed E-state index contributed by atoms with van der Waals surface area (Å²) in [5.74, 6) is 0.302. The first-order chi connectivity index (χ1) is 5.12. The highest BCUT2D eigenvalue weighted by atomic mass is 32.2. The molecule has 0 radical (unpaired) electrons. The summed E-state index contributed by atoms with van der Waals surface area (Å²) < 4.78 is 21.7. The van der Waals surface area contributed by atoms with E-state index in [1.165, 1.54) is 0 Å². The van der Waals surface area contributed by atoms with Gasteiger partial charge in [-0.1, -0.05) is 13.0 Å². The van der Waals surface area contributed by atoms with E-state index in [2.05, 4.69) is 4.99 Å². The largest absolute Gasteiger partial charge is 0.297 e. The van der Waals surface area contributed by atoms with Crippen LogP contribution < -0.4 is 0 Å². The van der Waals surface area contributed by atoms with Gasteiger partial charge in [-0.2, -0.15) is 0 Å². The maximum absolute atomic E-state index is 10.9. The van der Waals surface area contributed by atoms with Crippen molar-refractivity contribution < 1.29 is 8.42 Å². The summed E-state index contributed by atoms with van der Waals surface area (Å²) in [5.41, 5.74) is 0. The Kier molecular flexibility index (Phi) is 4.77. The second-order valence-electron chi connectivity index (χ2n) is 2.03. The number of nitrogens with zero attached hydrogens (tertiary/aromatic N) is 1. The van der Waals surface area contributed by atoms with E-state index in [9.17, 15) is 8.42 Å². The first kappa shape index (κ1) is 10.4. The van der Waals surface area contributed by atoms with Crippen LogP contribution in [-0.4, -0.2) is 33.2 Å². The summed E-state index contributed by atoms with van der Waals surface area (Å²) >= 11 is 0. The van der Waals surface area contributed by atoms with Crippen molar-refractivity contribution in [3.05, 3.63) is 12.2 Å². The molecule has 0 aromatic rings. The van der Waals surface area contributed by atoms with E-state index in [0.29, 0.717) is 0 Å². The van der Waals surface area contributed by atoms with Crippen LogP contribution in [0.3, 0.4) is 0 Å². The second kappa shape index (κ2) is 5.07. The van der Waals surface area contributed by atoms with Crippen LogP contribution in [0, 0.1) is 0 Å². The van der Waals surface area contributed by atoms with Crippen LogP contribution in [0.1, 0.15) is 6.92 Å². The van der Waals surface area contributed by atoms with Gasteiger partial charge in [-0.05, 0) is 6.08 Å². The molecule has 3 nitrogen and oxygen atoms in total.